The highest BCUT2D eigenvalue weighted by Crippen LogP contribution is 2.17. The molecule has 0 bridgehead atoms. The summed E-state index contributed by atoms with van der Waals surface area (Å²) in [5, 5.41) is 9.09. The number of rotatable bonds is 9. The second kappa shape index (κ2) is 9.33. The van der Waals surface area contributed by atoms with Gasteiger partial charge in [-0.05, 0) is 12.1 Å². The van der Waals surface area contributed by atoms with E-state index in [-0.39, 0.29) is 24.5 Å². The van der Waals surface area contributed by atoms with Crippen molar-refractivity contribution in [1.82, 2.24) is 0 Å². The van der Waals surface area contributed by atoms with E-state index < -0.39 is 24.0 Å². The van der Waals surface area contributed by atoms with Gasteiger partial charge in [0.25, 0.3) is 6.29 Å². The topological polar surface area (TPSA) is 99.1 Å². The highest BCUT2D eigenvalue weighted by Gasteiger charge is 2.23. The minimum Gasteiger partial charge on any atom is -0.490 e. The molecule has 0 fully saturated rings. The molecule has 0 saturated heterocycles. The third-order valence-corrected chi connectivity index (χ3v) is 3.27. The first-order chi connectivity index (χ1) is 12.5. The summed E-state index contributed by atoms with van der Waals surface area (Å²) in [6.07, 6.45) is -1.40. The Labute approximate surface area is 150 Å². The second-order valence-electron chi connectivity index (χ2n) is 5.19. The van der Waals surface area contributed by atoms with Crippen molar-refractivity contribution in [2.75, 3.05) is 13.2 Å². The molecule has 0 aliphatic heterocycles. The molecule has 0 aliphatic rings. The van der Waals surface area contributed by atoms with Gasteiger partial charge in [-0.25, -0.2) is 4.79 Å². The molecule has 2 rings (SSSR count). The molecule has 136 valence electrons. The van der Waals surface area contributed by atoms with Crippen LogP contribution >= 0.6 is 0 Å². The largest absolute Gasteiger partial charge is 0.490 e. The summed E-state index contributed by atoms with van der Waals surface area (Å²) < 4.78 is 15.6. The minimum absolute atomic E-state index is 0.0180. The molecule has 0 spiro atoms. The lowest BCUT2D eigenvalue weighted by molar-refractivity contribution is -0.167. The summed E-state index contributed by atoms with van der Waals surface area (Å²) in [5.41, 5.74) is 0.361. The second-order valence-corrected chi connectivity index (χ2v) is 5.19. The average Bonchev–Trinajstić information content (AvgIpc) is 2.64. The van der Waals surface area contributed by atoms with Crippen molar-refractivity contribution in [3.05, 3.63) is 65.7 Å². The molecule has 1 atom stereocenters. The number of carbonyl (C=O) groups excluding carboxylic acids is 2. The quantitative estimate of drug-likeness (QED) is 0.318. The van der Waals surface area contributed by atoms with Gasteiger partial charge in [0, 0.05) is 12.5 Å². The van der Waals surface area contributed by atoms with Crippen LogP contribution in [0.5, 0.6) is 5.75 Å². The molecule has 2 aromatic rings. The van der Waals surface area contributed by atoms with Gasteiger partial charge in [0.2, 0.25) is 5.78 Å². The van der Waals surface area contributed by atoms with Gasteiger partial charge in [-0.15, -0.1) is 0 Å². The van der Waals surface area contributed by atoms with Gasteiger partial charge in [-0.1, -0.05) is 42.5 Å². The van der Waals surface area contributed by atoms with Crippen LogP contribution in [0.25, 0.3) is 0 Å². The third-order valence-electron chi connectivity index (χ3n) is 3.27. The Balaban J connectivity index is 1.95. The summed E-state index contributed by atoms with van der Waals surface area (Å²) in [6, 6.07) is 14.5. The first kappa shape index (κ1) is 19.1. The highest BCUT2D eigenvalue weighted by molar-refractivity contribution is 5.99. The number of Topliss-reactive ketones (excluding diaryl/α,β-unsaturated/α-hetero) is 1. The maximum absolute atomic E-state index is 12.4. The SMILES string of the molecule is CC(=O)OC(OCCOc1ccccc1C(=O)O)C(=O)c1ccccc1. The van der Waals surface area contributed by atoms with Gasteiger partial charge < -0.3 is 19.3 Å². The fraction of sp³-hybridized carbons (Fsp3) is 0.211. The van der Waals surface area contributed by atoms with E-state index in [2.05, 4.69) is 0 Å². The minimum atomic E-state index is -1.40. The zero-order chi connectivity index (χ0) is 18.9. The number of ether oxygens (including phenoxy) is 3. The molecule has 1 N–H and O–H groups in total. The van der Waals surface area contributed by atoms with Crippen molar-refractivity contribution < 1.29 is 33.7 Å². The first-order valence-electron chi connectivity index (χ1n) is 7.82. The number of benzene rings is 2. The van der Waals surface area contributed by atoms with Crippen molar-refractivity contribution in [3.63, 3.8) is 0 Å². The van der Waals surface area contributed by atoms with E-state index in [0.29, 0.717) is 5.56 Å². The summed E-state index contributed by atoms with van der Waals surface area (Å²) in [5.74, 6) is -2.08. The molecule has 0 heterocycles. The average molecular weight is 358 g/mol. The van der Waals surface area contributed by atoms with E-state index in [1.807, 2.05) is 0 Å². The summed E-state index contributed by atoms with van der Waals surface area (Å²) in [6.45, 7) is 1.07. The lowest BCUT2D eigenvalue weighted by Crippen LogP contribution is -2.31. The summed E-state index contributed by atoms with van der Waals surface area (Å²) in [4.78, 5) is 34.7. The predicted octanol–water partition coefficient (Wildman–Crippen LogP) is 2.55. The Morgan fingerprint density at radius 2 is 1.62 bits per heavy atom. The fourth-order valence-electron chi connectivity index (χ4n) is 2.13. The van der Waals surface area contributed by atoms with Crippen molar-refractivity contribution in [1.29, 1.82) is 0 Å². The monoisotopic (exact) mass is 358 g/mol. The van der Waals surface area contributed by atoms with E-state index in [1.54, 1.807) is 42.5 Å². The van der Waals surface area contributed by atoms with Crippen LogP contribution in [0.4, 0.5) is 0 Å². The van der Waals surface area contributed by atoms with Crippen LogP contribution in [0.1, 0.15) is 27.6 Å². The van der Waals surface area contributed by atoms with Gasteiger partial charge in [-0.2, -0.15) is 0 Å². The Hall–Kier alpha value is -3.19. The number of ketones is 1. The molecule has 0 amide bonds. The number of para-hydroxylation sites is 1. The van der Waals surface area contributed by atoms with E-state index in [1.165, 1.54) is 19.1 Å². The third kappa shape index (κ3) is 5.42. The van der Waals surface area contributed by atoms with Crippen LogP contribution in [-0.2, 0) is 14.3 Å². The molecule has 0 aliphatic carbocycles. The van der Waals surface area contributed by atoms with Crippen LogP contribution in [0.3, 0.4) is 0 Å². The van der Waals surface area contributed by atoms with Crippen LogP contribution in [0.2, 0.25) is 0 Å². The Kier molecular flexibility index (Phi) is 6.87. The zero-order valence-corrected chi connectivity index (χ0v) is 14.1. The lowest BCUT2D eigenvalue weighted by Gasteiger charge is -2.17. The van der Waals surface area contributed by atoms with E-state index in [9.17, 15) is 14.4 Å². The van der Waals surface area contributed by atoms with Gasteiger partial charge in [0.1, 0.15) is 17.9 Å². The van der Waals surface area contributed by atoms with Crippen molar-refractivity contribution >= 4 is 17.7 Å². The van der Waals surface area contributed by atoms with Gasteiger partial charge >= 0.3 is 11.9 Å². The standard InChI is InChI=1S/C19H18O7/c1-13(20)26-19(17(21)14-7-3-2-4-8-14)25-12-11-24-16-10-6-5-9-15(16)18(22)23/h2-10,19H,11-12H2,1H3,(H,22,23). The number of hydrogen-bond acceptors (Lipinski definition) is 6. The molecule has 1 unspecified atom stereocenters. The number of aromatic carboxylic acids is 1. The Morgan fingerprint density at radius 1 is 0.962 bits per heavy atom. The Morgan fingerprint density at radius 3 is 2.27 bits per heavy atom. The molecule has 0 saturated carbocycles. The predicted molar refractivity (Wildman–Crippen MR) is 91.2 cm³/mol. The van der Waals surface area contributed by atoms with Crippen molar-refractivity contribution in [3.8, 4) is 5.75 Å². The molecule has 2 aromatic carbocycles. The number of carboxylic acid groups (broad SMARTS) is 1. The summed E-state index contributed by atoms with van der Waals surface area (Å²) >= 11 is 0. The maximum atomic E-state index is 12.4. The van der Waals surface area contributed by atoms with E-state index in [4.69, 9.17) is 19.3 Å². The molecule has 7 heteroatoms. The van der Waals surface area contributed by atoms with Crippen molar-refractivity contribution in [2.24, 2.45) is 0 Å². The number of hydrogen-bond donors (Lipinski definition) is 1. The number of esters is 1. The van der Waals surface area contributed by atoms with E-state index >= 15 is 0 Å². The maximum Gasteiger partial charge on any atom is 0.339 e. The molecule has 0 radical (unpaired) electrons. The van der Waals surface area contributed by atoms with Gasteiger partial charge in [-0.3, -0.25) is 9.59 Å². The zero-order valence-electron chi connectivity index (χ0n) is 14.1. The van der Waals surface area contributed by atoms with Crippen LogP contribution < -0.4 is 4.74 Å². The van der Waals surface area contributed by atoms with Crippen LogP contribution in [-0.4, -0.2) is 42.3 Å². The van der Waals surface area contributed by atoms with Crippen molar-refractivity contribution in [2.45, 2.75) is 13.2 Å². The molecule has 7 nitrogen and oxygen atoms in total. The summed E-state index contributed by atoms with van der Waals surface area (Å²) in [7, 11) is 0. The van der Waals surface area contributed by atoms with Crippen LogP contribution in [0.15, 0.2) is 54.6 Å². The highest BCUT2D eigenvalue weighted by atomic mass is 16.7. The van der Waals surface area contributed by atoms with Crippen LogP contribution in [0, 0.1) is 0 Å². The van der Waals surface area contributed by atoms with Gasteiger partial charge in [0.05, 0.1) is 6.61 Å². The van der Waals surface area contributed by atoms with E-state index in [0.717, 1.165) is 0 Å². The van der Waals surface area contributed by atoms with Gasteiger partial charge in [0.15, 0.2) is 0 Å². The molecular formula is C19H18O7. The smallest absolute Gasteiger partial charge is 0.339 e. The lowest BCUT2D eigenvalue weighted by atomic mass is 10.1. The molecule has 0 aromatic heterocycles. The fourth-order valence-corrected chi connectivity index (χ4v) is 2.13. The molecule has 26 heavy (non-hydrogen) atoms. The molecular weight excluding hydrogens is 340 g/mol. The number of carbonyl (C=O) groups is 3. The first-order valence-corrected chi connectivity index (χ1v) is 7.82. The normalized spacial score (nSPS) is 11.4. The number of carboxylic acids is 1. The Bertz CT molecular complexity index is 770.